The molecule has 4 aromatic rings. The summed E-state index contributed by atoms with van der Waals surface area (Å²) in [5.74, 6) is -2.05. The molecule has 0 saturated heterocycles. The summed E-state index contributed by atoms with van der Waals surface area (Å²) < 4.78 is 41.0. The number of carboxylic acid groups (broad SMARTS) is 1. The van der Waals surface area contributed by atoms with E-state index in [-0.39, 0.29) is 49.0 Å². The van der Waals surface area contributed by atoms with Crippen LogP contribution in [0.2, 0.25) is 0 Å². The van der Waals surface area contributed by atoms with Gasteiger partial charge in [-0.15, -0.1) is 0 Å². The average molecular weight is 440 g/mol. The molecule has 0 saturated carbocycles. The first kappa shape index (κ1) is 26.9. The number of furan rings is 2. The van der Waals surface area contributed by atoms with Crippen LogP contribution in [-0.4, -0.2) is 29.1 Å². The van der Waals surface area contributed by atoms with Crippen LogP contribution in [0.1, 0.15) is 18.1 Å². The van der Waals surface area contributed by atoms with Crippen molar-refractivity contribution in [2.75, 3.05) is 6.61 Å². The molecular weight excluding hydrogens is 421 g/mol. The molecule has 7 nitrogen and oxygen atoms in total. The first-order valence-corrected chi connectivity index (χ1v) is 9.06. The van der Waals surface area contributed by atoms with Gasteiger partial charge in [0.05, 0.1) is 32.0 Å². The van der Waals surface area contributed by atoms with Crippen molar-refractivity contribution in [3.63, 3.8) is 0 Å². The maximum atomic E-state index is 13.0. The largest absolute Gasteiger partial charge is 1.00 e. The quantitative estimate of drug-likeness (QED) is 0.371. The standard InChI is InChI=1S/C12H11FO3.C10H7FO3.Li.H2O/c1-2-15-12(14)5-8-7-16-11-4-3-9(13)6-10(8)11;11-7-1-2-9-8(4-7)6(5-14-9)3-10(12)13;;/h3-4,6-7H,2,5H2,1H3;1-2,4-5H,3H2,(H,12,13);;1H2/q;;+1;/p-1. The van der Waals surface area contributed by atoms with Gasteiger partial charge < -0.3 is 24.2 Å². The molecule has 0 aliphatic heterocycles. The van der Waals surface area contributed by atoms with Gasteiger partial charge >= 0.3 is 30.8 Å². The molecule has 32 heavy (non-hydrogen) atoms. The van der Waals surface area contributed by atoms with E-state index in [2.05, 4.69) is 0 Å². The topological polar surface area (TPSA) is 120 Å². The Kier molecular flexibility index (Phi) is 10.1. The molecule has 2 heterocycles. The van der Waals surface area contributed by atoms with Gasteiger partial charge in [-0.1, -0.05) is 0 Å². The van der Waals surface area contributed by atoms with Gasteiger partial charge in [0, 0.05) is 21.9 Å². The number of aliphatic carboxylic acids is 1. The molecule has 0 amide bonds. The molecule has 0 spiro atoms. The summed E-state index contributed by atoms with van der Waals surface area (Å²) in [6.45, 7) is 2.08. The molecule has 0 aliphatic rings. The minimum Gasteiger partial charge on any atom is -0.870 e. The summed E-state index contributed by atoms with van der Waals surface area (Å²) >= 11 is 0. The zero-order chi connectivity index (χ0) is 21.7. The van der Waals surface area contributed by atoms with Crippen molar-refractivity contribution in [2.24, 2.45) is 0 Å². The molecular formula is C22H19F2LiO7. The summed E-state index contributed by atoms with van der Waals surface area (Å²) in [7, 11) is 0. The molecule has 4 rings (SSSR count). The van der Waals surface area contributed by atoms with E-state index in [1.807, 2.05) is 0 Å². The Balaban J connectivity index is 0.000000303. The van der Waals surface area contributed by atoms with Gasteiger partial charge in [-0.25, -0.2) is 8.78 Å². The molecule has 2 aromatic heterocycles. The fourth-order valence-corrected chi connectivity index (χ4v) is 2.91. The van der Waals surface area contributed by atoms with Crippen LogP contribution in [-0.2, 0) is 27.2 Å². The third-order valence-corrected chi connectivity index (χ3v) is 4.21. The van der Waals surface area contributed by atoms with Crippen LogP contribution in [0.15, 0.2) is 57.8 Å². The van der Waals surface area contributed by atoms with Gasteiger partial charge in [-0.05, 0) is 43.3 Å². The first-order valence-electron chi connectivity index (χ1n) is 9.06. The van der Waals surface area contributed by atoms with Crippen LogP contribution in [0.5, 0.6) is 0 Å². The van der Waals surface area contributed by atoms with Crippen LogP contribution < -0.4 is 18.9 Å². The zero-order valence-electron chi connectivity index (χ0n) is 17.4. The van der Waals surface area contributed by atoms with Crippen LogP contribution in [0, 0.1) is 11.6 Å². The first-order chi connectivity index (χ1) is 14.4. The van der Waals surface area contributed by atoms with Gasteiger partial charge in [-0.3, -0.25) is 9.59 Å². The Morgan fingerprint density at radius 1 is 0.906 bits per heavy atom. The Morgan fingerprint density at radius 3 is 1.81 bits per heavy atom. The Bertz CT molecular complexity index is 1200. The number of esters is 1. The normalized spacial score (nSPS) is 9.97. The smallest absolute Gasteiger partial charge is 0.870 e. The predicted octanol–water partition coefficient (Wildman–Crippen LogP) is 1.70. The van der Waals surface area contributed by atoms with E-state index in [0.29, 0.717) is 39.7 Å². The number of carboxylic acids is 1. The van der Waals surface area contributed by atoms with Crippen molar-refractivity contribution in [1.82, 2.24) is 0 Å². The predicted molar refractivity (Wildman–Crippen MR) is 106 cm³/mol. The second-order valence-corrected chi connectivity index (χ2v) is 6.36. The molecule has 0 fully saturated rings. The molecule has 0 unspecified atom stereocenters. The maximum Gasteiger partial charge on any atom is 1.00 e. The molecule has 2 aromatic carbocycles. The molecule has 0 atom stereocenters. The van der Waals surface area contributed by atoms with Crippen molar-refractivity contribution < 1.29 is 61.4 Å². The Morgan fingerprint density at radius 2 is 1.38 bits per heavy atom. The fraction of sp³-hybridized carbons (Fsp3) is 0.182. The second kappa shape index (κ2) is 12.1. The van der Waals surface area contributed by atoms with Crippen LogP contribution in [0.4, 0.5) is 8.78 Å². The van der Waals surface area contributed by atoms with Crippen LogP contribution in [0.3, 0.4) is 0 Å². The van der Waals surface area contributed by atoms with Crippen LogP contribution >= 0.6 is 0 Å². The third kappa shape index (κ3) is 6.69. The number of halogens is 2. The number of rotatable bonds is 5. The van der Waals surface area contributed by atoms with Gasteiger partial charge in [-0.2, -0.15) is 0 Å². The number of hydrogen-bond donors (Lipinski definition) is 1. The number of benzene rings is 2. The fourth-order valence-electron chi connectivity index (χ4n) is 2.91. The number of hydrogen-bond acceptors (Lipinski definition) is 6. The number of carbonyl (C=O) groups excluding carboxylic acids is 1. The molecule has 0 aliphatic carbocycles. The van der Waals surface area contributed by atoms with E-state index >= 15 is 0 Å². The SMILES string of the molecule is CCOC(=O)Cc1coc2ccc(F)cc12.O=C(O)Cc1coc2ccc(F)cc12.[Li+].[OH-]. The summed E-state index contributed by atoms with van der Waals surface area (Å²) in [4.78, 5) is 21.7. The second-order valence-electron chi connectivity index (χ2n) is 6.36. The van der Waals surface area contributed by atoms with Gasteiger partial charge in [0.15, 0.2) is 0 Å². The number of ether oxygens (including phenoxy) is 1. The molecule has 0 bridgehead atoms. The molecule has 10 heteroatoms. The zero-order valence-corrected chi connectivity index (χ0v) is 17.4. The Hall–Kier alpha value is -3.12. The van der Waals surface area contributed by atoms with Gasteiger partial charge in [0.1, 0.15) is 22.8 Å². The van der Waals surface area contributed by atoms with Crippen molar-refractivity contribution in [3.8, 4) is 0 Å². The molecule has 164 valence electrons. The van der Waals surface area contributed by atoms with Crippen molar-refractivity contribution in [3.05, 3.63) is 71.7 Å². The van der Waals surface area contributed by atoms with Gasteiger partial charge in [0.2, 0.25) is 0 Å². The summed E-state index contributed by atoms with van der Waals surface area (Å²) in [5.41, 5.74) is 2.21. The summed E-state index contributed by atoms with van der Waals surface area (Å²) in [6, 6.07) is 8.25. The molecule has 2 N–H and O–H groups in total. The molecule has 0 radical (unpaired) electrons. The number of carbonyl (C=O) groups is 2. The van der Waals surface area contributed by atoms with Crippen molar-refractivity contribution in [1.29, 1.82) is 0 Å². The van der Waals surface area contributed by atoms with E-state index in [0.717, 1.165) is 0 Å². The van der Waals surface area contributed by atoms with E-state index in [9.17, 15) is 18.4 Å². The van der Waals surface area contributed by atoms with E-state index in [1.54, 1.807) is 13.0 Å². The van der Waals surface area contributed by atoms with E-state index in [4.69, 9.17) is 18.7 Å². The number of fused-ring (bicyclic) bond motifs is 2. The average Bonchev–Trinajstić information content (AvgIpc) is 3.26. The van der Waals surface area contributed by atoms with E-state index in [1.165, 1.54) is 42.9 Å². The van der Waals surface area contributed by atoms with Crippen molar-refractivity contribution in [2.45, 2.75) is 19.8 Å². The monoisotopic (exact) mass is 440 g/mol. The van der Waals surface area contributed by atoms with Crippen LogP contribution in [0.25, 0.3) is 21.9 Å². The van der Waals surface area contributed by atoms with Crippen molar-refractivity contribution >= 4 is 33.9 Å². The summed E-state index contributed by atoms with van der Waals surface area (Å²) in [5, 5.41) is 9.72. The maximum absolute atomic E-state index is 13.0. The summed E-state index contributed by atoms with van der Waals surface area (Å²) in [6.07, 6.45) is 2.75. The Labute approximate surface area is 193 Å². The minimum absolute atomic E-state index is 0. The third-order valence-electron chi connectivity index (χ3n) is 4.21. The van der Waals surface area contributed by atoms with E-state index < -0.39 is 11.8 Å². The van der Waals surface area contributed by atoms with Gasteiger partial charge in [0.25, 0.3) is 0 Å². The minimum atomic E-state index is -0.961.